The van der Waals surface area contributed by atoms with Gasteiger partial charge in [0.1, 0.15) is 11.6 Å². The molecule has 1 fully saturated rings. The molecule has 0 saturated carbocycles. The molecule has 1 heterocycles. The Morgan fingerprint density at radius 3 is 2.53 bits per heavy atom. The van der Waals surface area contributed by atoms with Gasteiger partial charge < -0.3 is 5.32 Å². The van der Waals surface area contributed by atoms with E-state index < -0.39 is 11.6 Å². The molecule has 1 aliphatic heterocycles. The largest absolute Gasteiger partial charge is 0.313 e. The maximum absolute atomic E-state index is 13.7. The SMILES string of the molecule is CC(C)CC1NCCC1c1c(F)cccc1F. The van der Waals surface area contributed by atoms with Crippen molar-refractivity contribution in [2.24, 2.45) is 5.92 Å². The molecular weight excluding hydrogens is 220 g/mol. The first-order valence-electron chi connectivity index (χ1n) is 6.27. The number of hydrogen-bond acceptors (Lipinski definition) is 1. The van der Waals surface area contributed by atoms with Crippen LogP contribution in [0.15, 0.2) is 18.2 Å². The average Bonchev–Trinajstić information content (AvgIpc) is 2.65. The molecule has 0 radical (unpaired) electrons. The van der Waals surface area contributed by atoms with Crippen molar-refractivity contribution in [3.63, 3.8) is 0 Å². The lowest BCUT2D eigenvalue weighted by Crippen LogP contribution is -2.28. The molecule has 1 nitrogen and oxygen atoms in total. The van der Waals surface area contributed by atoms with Crippen molar-refractivity contribution in [2.45, 2.75) is 38.6 Å². The molecule has 2 unspecified atom stereocenters. The summed E-state index contributed by atoms with van der Waals surface area (Å²) in [6.45, 7) is 5.11. The predicted octanol–water partition coefficient (Wildman–Crippen LogP) is 3.46. The summed E-state index contributed by atoms with van der Waals surface area (Å²) >= 11 is 0. The molecule has 1 aromatic carbocycles. The van der Waals surface area contributed by atoms with Crippen molar-refractivity contribution in [2.75, 3.05) is 6.54 Å². The molecule has 3 heteroatoms. The van der Waals surface area contributed by atoms with Crippen molar-refractivity contribution in [3.05, 3.63) is 35.4 Å². The third kappa shape index (κ3) is 2.65. The first-order valence-corrected chi connectivity index (χ1v) is 6.27. The molecule has 0 bridgehead atoms. The van der Waals surface area contributed by atoms with E-state index in [0.717, 1.165) is 19.4 Å². The van der Waals surface area contributed by atoms with Gasteiger partial charge in [0.05, 0.1) is 0 Å². The Morgan fingerprint density at radius 2 is 1.94 bits per heavy atom. The van der Waals surface area contributed by atoms with Gasteiger partial charge in [-0.05, 0) is 37.4 Å². The second-order valence-electron chi connectivity index (χ2n) is 5.22. The lowest BCUT2D eigenvalue weighted by molar-refractivity contribution is 0.415. The second-order valence-corrected chi connectivity index (χ2v) is 5.22. The van der Waals surface area contributed by atoms with Crippen molar-refractivity contribution in [1.29, 1.82) is 0 Å². The Balaban J connectivity index is 2.26. The maximum atomic E-state index is 13.7. The second kappa shape index (κ2) is 5.13. The van der Waals surface area contributed by atoms with Gasteiger partial charge in [-0.2, -0.15) is 0 Å². The third-order valence-electron chi connectivity index (χ3n) is 3.44. The monoisotopic (exact) mass is 239 g/mol. The molecule has 2 rings (SSSR count). The van der Waals surface area contributed by atoms with Crippen LogP contribution in [0.4, 0.5) is 8.78 Å². The molecule has 1 N–H and O–H groups in total. The van der Waals surface area contributed by atoms with Gasteiger partial charge in [-0.3, -0.25) is 0 Å². The number of benzene rings is 1. The van der Waals surface area contributed by atoms with E-state index in [1.807, 2.05) is 0 Å². The van der Waals surface area contributed by atoms with Crippen LogP contribution in [0.1, 0.15) is 38.2 Å². The maximum Gasteiger partial charge on any atom is 0.129 e. The highest BCUT2D eigenvalue weighted by molar-refractivity contribution is 5.26. The molecule has 2 atom stereocenters. The first kappa shape index (κ1) is 12.5. The first-order chi connectivity index (χ1) is 8.09. The van der Waals surface area contributed by atoms with Gasteiger partial charge >= 0.3 is 0 Å². The number of nitrogens with one attached hydrogen (secondary N) is 1. The van der Waals surface area contributed by atoms with Crippen molar-refractivity contribution >= 4 is 0 Å². The van der Waals surface area contributed by atoms with E-state index in [9.17, 15) is 8.78 Å². The number of rotatable bonds is 3. The van der Waals surface area contributed by atoms with Crippen molar-refractivity contribution in [1.82, 2.24) is 5.32 Å². The van der Waals surface area contributed by atoms with Crippen molar-refractivity contribution < 1.29 is 8.78 Å². The smallest absolute Gasteiger partial charge is 0.129 e. The van der Waals surface area contributed by atoms with Gasteiger partial charge in [-0.15, -0.1) is 0 Å². The summed E-state index contributed by atoms with van der Waals surface area (Å²) in [4.78, 5) is 0. The van der Waals surface area contributed by atoms with E-state index in [0.29, 0.717) is 5.92 Å². The molecule has 1 saturated heterocycles. The van der Waals surface area contributed by atoms with Gasteiger partial charge in [0, 0.05) is 17.5 Å². The Hall–Kier alpha value is -0.960. The fourth-order valence-electron chi connectivity index (χ4n) is 2.73. The highest BCUT2D eigenvalue weighted by Gasteiger charge is 2.32. The van der Waals surface area contributed by atoms with E-state index in [4.69, 9.17) is 0 Å². The zero-order valence-corrected chi connectivity index (χ0v) is 10.3. The molecule has 1 aromatic rings. The van der Waals surface area contributed by atoms with Crippen LogP contribution in [0.2, 0.25) is 0 Å². The molecule has 17 heavy (non-hydrogen) atoms. The van der Waals surface area contributed by atoms with E-state index in [2.05, 4.69) is 19.2 Å². The van der Waals surface area contributed by atoms with Crippen LogP contribution in [-0.4, -0.2) is 12.6 Å². The Kier molecular flexibility index (Phi) is 3.77. The highest BCUT2D eigenvalue weighted by atomic mass is 19.1. The van der Waals surface area contributed by atoms with Gasteiger partial charge in [-0.25, -0.2) is 8.78 Å². The van der Waals surface area contributed by atoms with Crippen LogP contribution < -0.4 is 5.32 Å². The average molecular weight is 239 g/mol. The van der Waals surface area contributed by atoms with Crippen LogP contribution in [0.5, 0.6) is 0 Å². The van der Waals surface area contributed by atoms with E-state index in [1.54, 1.807) is 0 Å². The Labute approximate surface area is 101 Å². The van der Waals surface area contributed by atoms with Gasteiger partial charge in [0.2, 0.25) is 0 Å². The van der Waals surface area contributed by atoms with Crippen LogP contribution in [-0.2, 0) is 0 Å². The molecule has 94 valence electrons. The summed E-state index contributed by atoms with van der Waals surface area (Å²) in [5.41, 5.74) is 0.267. The van der Waals surface area contributed by atoms with Gasteiger partial charge in [0.25, 0.3) is 0 Å². The Morgan fingerprint density at radius 1 is 1.29 bits per heavy atom. The number of hydrogen-bond donors (Lipinski definition) is 1. The minimum Gasteiger partial charge on any atom is -0.313 e. The van der Waals surface area contributed by atoms with Crippen LogP contribution in [0, 0.1) is 17.6 Å². The quantitative estimate of drug-likeness (QED) is 0.851. The Bertz CT molecular complexity index is 370. The topological polar surface area (TPSA) is 12.0 Å². The standard InChI is InChI=1S/C14H19F2N/c1-9(2)8-13-10(6-7-17-13)14-11(15)4-3-5-12(14)16/h3-5,9-10,13,17H,6-8H2,1-2H3. The molecular formula is C14H19F2N. The molecule has 1 aliphatic rings. The minimum atomic E-state index is -0.410. The summed E-state index contributed by atoms with van der Waals surface area (Å²) < 4.78 is 27.5. The summed E-state index contributed by atoms with van der Waals surface area (Å²) in [7, 11) is 0. The fraction of sp³-hybridized carbons (Fsp3) is 0.571. The zero-order chi connectivity index (χ0) is 12.4. The summed E-state index contributed by atoms with van der Waals surface area (Å²) in [6, 6.07) is 4.32. The van der Waals surface area contributed by atoms with Crippen LogP contribution >= 0.6 is 0 Å². The van der Waals surface area contributed by atoms with Crippen molar-refractivity contribution in [3.8, 4) is 0 Å². The summed E-state index contributed by atoms with van der Waals surface area (Å²) in [5, 5.41) is 3.36. The molecule has 0 spiro atoms. The summed E-state index contributed by atoms with van der Waals surface area (Å²) in [6.07, 6.45) is 1.77. The lowest BCUT2D eigenvalue weighted by Gasteiger charge is -2.22. The molecule has 0 aromatic heterocycles. The highest BCUT2D eigenvalue weighted by Crippen LogP contribution is 2.34. The predicted molar refractivity (Wildman–Crippen MR) is 65.0 cm³/mol. The van der Waals surface area contributed by atoms with Gasteiger partial charge in [0.15, 0.2) is 0 Å². The lowest BCUT2D eigenvalue weighted by atomic mass is 9.87. The van der Waals surface area contributed by atoms with E-state index in [-0.39, 0.29) is 17.5 Å². The van der Waals surface area contributed by atoms with Crippen LogP contribution in [0.3, 0.4) is 0 Å². The zero-order valence-electron chi connectivity index (χ0n) is 10.3. The van der Waals surface area contributed by atoms with Crippen LogP contribution in [0.25, 0.3) is 0 Å². The van der Waals surface area contributed by atoms with E-state index in [1.165, 1.54) is 18.2 Å². The fourth-order valence-corrected chi connectivity index (χ4v) is 2.73. The third-order valence-corrected chi connectivity index (χ3v) is 3.44. The molecule has 0 aliphatic carbocycles. The normalized spacial score (nSPS) is 24.5. The minimum absolute atomic E-state index is 0.0291. The molecule has 0 amide bonds. The van der Waals surface area contributed by atoms with Gasteiger partial charge in [-0.1, -0.05) is 19.9 Å². The van der Waals surface area contributed by atoms with E-state index >= 15 is 0 Å². The number of halogens is 2. The summed E-state index contributed by atoms with van der Waals surface area (Å²) in [5.74, 6) is -0.318.